The van der Waals surface area contributed by atoms with Gasteiger partial charge in [0, 0.05) is 16.1 Å². The van der Waals surface area contributed by atoms with Crippen molar-refractivity contribution in [1.82, 2.24) is 10.2 Å². The fourth-order valence-electron chi connectivity index (χ4n) is 3.30. The van der Waals surface area contributed by atoms with E-state index in [1.807, 2.05) is 25.2 Å². The summed E-state index contributed by atoms with van der Waals surface area (Å²) in [6, 6.07) is 6.01. The van der Waals surface area contributed by atoms with E-state index < -0.39 is 0 Å². The highest BCUT2D eigenvalue weighted by atomic mass is 35.5. The van der Waals surface area contributed by atoms with Crippen LogP contribution in [-0.4, -0.2) is 37.7 Å². The Labute approximate surface area is 127 Å². The predicted octanol–water partition coefficient (Wildman–Crippen LogP) is 3.48. The summed E-state index contributed by atoms with van der Waals surface area (Å²) in [5.41, 5.74) is 1.14. The van der Waals surface area contributed by atoms with Gasteiger partial charge in [-0.25, -0.2) is 0 Å². The van der Waals surface area contributed by atoms with Crippen molar-refractivity contribution < 1.29 is 4.74 Å². The second kappa shape index (κ2) is 6.33. The van der Waals surface area contributed by atoms with Crippen LogP contribution in [0.1, 0.15) is 38.3 Å². The van der Waals surface area contributed by atoms with E-state index in [2.05, 4.69) is 24.1 Å². The predicted molar refractivity (Wildman–Crippen MR) is 84.7 cm³/mol. The lowest BCUT2D eigenvalue weighted by molar-refractivity contribution is 0.109. The largest absolute Gasteiger partial charge is 0.496 e. The molecule has 20 heavy (non-hydrogen) atoms. The van der Waals surface area contributed by atoms with Crippen molar-refractivity contribution in [3.05, 3.63) is 28.8 Å². The van der Waals surface area contributed by atoms with Crippen molar-refractivity contribution in [3.63, 3.8) is 0 Å². The third-order valence-corrected chi connectivity index (χ3v) is 4.65. The standard InChI is InChI=1S/C16H25ClN2O/c1-16(2,19-9-5-6-10-19)15(18-3)13-11-12(17)7-8-14(13)20-4/h7-8,11,15,18H,5-6,9-10H2,1-4H3. The number of benzene rings is 1. The molecule has 1 N–H and O–H groups in total. The summed E-state index contributed by atoms with van der Waals surface area (Å²) in [5.74, 6) is 0.890. The van der Waals surface area contributed by atoms with Gasteiger partial charge in [-0.05, 0) is 65.0 Å². The molecule has 4 heteroatoms. The number of ether oxygens (including phenoxy) is 1. The SMILES string of the molecule is CNC(c1cc(Cl)ccc1OC)C(C)(C)N1CCCC1. The summed E-state index contributed by atoms with van der Waals surface area (Å²) in [6.07, 6.45) is 2.57. The quantitative estimate of drug-likeness (QED) is 0.900. The fraction of sp³-hybridized carbons (Fsp3) is 0.625. The van der Waals surface area contributed by atoms with Crippen LogP contribution in [0.2, 0.25) is 5.02 Å². The van der Waals surface area contributed by atoms with E-state index in [9.17, 15) is 0 Å². The number of hydrogen-bond acceptors (Lipinski definition) is 3. The molecule has 1 atom stereocenters. The van der Waals surface area contributed by atoms with Gasteiger partial charge in [0.15, 0.2) is 0 Å². The molecule has 1 fully saturated rings. The Bertz CT molecular complexity index is 456. The van der Waals surface area contributed by atoms with Crippen LogP contribution >= 0.6 is 11.6 Å². The number of likely N-dealkylation sites (N-methyl/N-ethyl adjacent to an activating group) is 1. The maximum Gasteiger partial charge on any atom is 0.123 e. The number of methoxy groups -OCH3 is 1. The molecule has 3 nitrogen and oxygen atoms in total. The Kier molecular flexibility index (Phi) is 4.95. The van der Waals surface area contributed by atoms with Gasteiger partial charge >= 0.3 is 0 Å². The molecule has 0 aliphatic carbocycles. The van der Waals surface area contributed by atoms with Gasteiger partial charge < -0.3 is 10.1 Å². The van der Waals surface area contributed by atoms with Gasteiger partial charge in [0.05, 0.1) is 13.2 Å². The lowest BCUT2D eigenvalue weighted by atomic mass is 9.86. The third-order valence-electron chi connectivity index (χ3n) is 4.42. The lowest BCUT2D eigenvalue weighted by Crippen LogP contribution is -2.50. The lowest BCUT2D eigenvalue weighted by Gasteiger charge is -2.42. The van der Waals surface area contributed by atoms with E-state index in [0.29, 0.717) is 0 Å². The first-order valence-electron chi connectivity index (χ1n) is 7.26. The minimum atomic E-state index is 0.0171. The van der Waals surface area contributed by atoms with Crippen molar-refractivity contribution in [2.45, 2.75) is 38.3 Å². The topological polar surface area (TPSA) is 24.5 Å². The zero-order valence-corrected chi connectivity index (χ0v) is 13.6. The molecule has 0 radical (unpaired) electrons. The molecule has 1 unspecified atom stereocenters. The number of likely N-dealkylation sites (tertiary alicyclic amines) is 1. The van der Waals surface area contributed by atoms with Crippen molar-refractivity contribution in [1.29, 1.82) is 0 Å². The average molecular weight is 297 g/mol. The Morgan fingerprint density at radius 1 is 1.30 bits per heavy atom. The number of rotatable bonds is 5. The third kappa shape index (κ3) is 2.95. The van der Waals surface area contributed by atoms with Gasteiger partial charge in [0.1, 0.15) is 5.75 Å². The molecule has 1 heterocycles. The van der Waals surface area contributed by atoms with Gasteiger partial charge in [-0.3, -0.25) is 4.90 Å². The van der Waals surface area contributed by atoms with Gasteiger partial charge in [0.2, 0.25) is 0 Å². The maximum absolute atomic E-state index is 6.19. The van der Waals surface area contributed by atoms with Crippen LogP contribution in [0, 0.1) is 0 Å². The van der Waals surface area contributed by atoms with Crippen molar-refractivity contribution in [2.75, 3.05) is 27.2 Å². The molecule has 1 aromatic carbocycles. The first kappa shape index (κ1) is 15.6. The Balaban J connectivity index is 2.38. The second-order valence-corrected chi connectivity index (χ2v) is 6.39. The Morgan fingerprint density at radius 3 is 2.50 bits per heavy atom. The fourth-order valence-corrected chi connectivity index (χ4v) is 3.48. The number of halogens is 1. The first-order chi connectivity index (χ1) is 9.50. The summed E-state index contributed by atoms with van der Waals surface area (Å²) in [5, 5.41) is 4.21. The summed E-state index contributed by atoms with van der Waals surface area (Å²) < 4.78 is 5.52. The Hall–Kier alpha value is -0.770. The molecule has 1 saturated heterocycles. The minimum absolute atomic E-state index is 0.0171. The van der Waals surface area contributed by atoms with Crippen LogP contribution < -0.4 is 10.1 Å². The zero-order valence-electron chi connectivity index (χ0n) is 12.9. The highest BCUT2D eigenvalue weighted by molar-refractivity contribution is 6.30. The number of nitrogens with one attached hydrogen (secondary N) is 1. The Morgan fingerprint density at radius 2 is 1.95 bits per heavy atom. The van der Waals surface area contributed by atoms with E-state index in [1.165, 1.54) is 12.8 Å². The van der Waals surface area contributed by atoms with Crippen LogP contribution in [0.5, 0.6) is 5.75 Å². The summed E-state index contributed by atoms with van der Waals surface area (Å²) in [6.45, 7) is 6.90. The van der Waals surface area contributed by atoms with Crippen LogP contribution in [0.3, 0.4) is 0 Å². The molecule has 0 saturated carbocycles. The van der Waals surface area contributed by atoms with E-state index in [0.717, 1.165) is 29.4 Å². The van der Waals surface area contributed by atoms with Gasteiger partial charge in [-0.2, -0.15) is 0 Å². The molecule has 1 aromatic rings. The van der Waals surface area contributed by atoms with E-state index in [4.69, 9.17) is 16.3 Å². The normalized spacial score (nSPS) is 18.2. The zero-order chi connectivity index (χ0) is 14.8. The monoisotopic (exact) mass is 296 g/mol. The van der Waals surface area contributed by atoms with E-state index in [-0.39, 0.29) is 11.6 Å². The summed E-state index contributed by atoms with van der Waals surface area (Å²) in [4.78, 5) is 2.55. The van der Waals surface area contributed by atoms with Crippen LogP contribution in [0.25, 0.3) is 0 Å². The molecule has 1 aliphatic heterocycles. The molecule has 0 bridgehead atoms. The van der Waals surface area contributed by atoms with E-state index in [1.54, 1.807) is 7.11 Å². The minimum Gasteiger partial charge on any atom is -0.496 e. The smallest absolute Gasteiger partial charge is 0.123 e. The molecular formula is C16H25ClN2O. The average Bonchev–Trinajstić information content (AvgIpc) is 2.94. The molecule has 0 aromatic heterocycles. The van der Waals surface area contributed by atoms with Gasteiger partial charge in [-0.1, -0.05) is 11.6 Å². The second-order valence-electron chi connectivity index (χ2n) is 5.96. The highest BCUT2D eigenvalue weighted by Crippen LogP contribution is 2.38. The van der Waals surface area contributed by atoms with Crippen LogP contribution in [-0.2, 0) is 0 Å². The van der Waals surface area contributed by atoms with Crippen molar-refractivity contribution >= 4 is 11.6 Å². The highest BCUT2D eigenvalue weighted by Gasteiger charge is 2.38. The molecule has 2 rings (SSSR count). The molecular weight excluding hydrogens is 272 g/mol. The van der Waals surface area contributed by atoms with Crippen molar-refractivity contribution in [3.8, 4) is 5.75 Å². The van der Waals surface area contributed by atoms with Gasteiger partial charge in [0.25, 0.3) is 0 Å². The summed E-state index contributed by atoms with van der Waals surface area (Å²) >= 11 is 6.19. The molecule has 0 amide bonds. The van der Waals surface area contributed by atoms with Crippen molar-refractivity contribution in [2.24, 2.45) is 0 Å². The molecule has 112 valence electrons. The van der Waals surface area contributed by atoms with Crippen LogP contribution in [0.4, 0.5) is 0 Å². The molecule has 0 spiro atoms. The maximum atomic E-state index is 6.19. The number of nitrogens with zero attached hydrogens (tertiary/aromatic N) is 1. The van der Waals surface area contributed by atoms with Crippen LogP contribution in [0.15, 0.2) is 18.2 Å². The van der Waals surface area contributed by atoms with Gasteiger partial charge in [-0.15, -0.1) is 0 Å². The first-order valence-corrected chi connectivity index (χ1v) is 7.64. The number of hydrogen-bond donors (Lipinski definition) is 1. The van der Waals surface area contributed by atoms with E-state index >= 15 is 0 Å². The molecule has 1 aliphatic rings. The summed E-state index contributed by atoms with van der Waals surface area (Å²) in [7, 11) is 3.71.